The lowest BCUT2D eigenvalue weighted by molar-refractivity contribution is -0.214. The largest absolute Gasteiger partial charge is 0.396 e. The number of aryl methyl sites for hydroxylation is 1. The third kappa shape index (κ3) is 3.05. The Balaban J connectivity index is 1.48. The summed E-state index contributed by atoms with van der Waals surface area (Å²) in [6, 6.07) is 0. The molecule has 0 aliphatic heterocycles. The van der Waals surface area contributed by atoms with Gasteiger partial charge in [0.15, 0.2) is 11.6 Å². The van der Waals surface area contributed by atoms with E-state index in [4.69, 9.17) is 10.8 Å². The van der Waals surface area contributed by atoms with Crippen LogP contribution in [0.4, 0.5) is 0 Å². The van der Waals surface area contributed by atoms with Gasteiger partial charge in [0.25, 0.3) is 0 Å². The average Bonchev–Trinajstić information content (AvgIpc) is 3.25. The van der Waals surface area contributed by atoms with E-state index in [0.717, 1.165) is 50.8 Å². The first kappa shape index (κ1) is 26.2. The summed E-state index contributed by atoms with van der Waals surface area (Å²) in [4.78, 5) is 29.4. The van der Waals surface area contributed by atoms with Crippen LogP contribution < -0.4 is 5.73 Å². The number of nitrogens with zero attached hydrogens (tertiary/aromatic N) is 4. The molecule has 0 aromatic carbocycles. The predicted molar refractivity (Wildman–Crippen MR) is 146 cm³/mol. The lowest BCUT2D eigenvalue weighted by atomic mass is 9.31. The molecule has 1 heterocycles. The van der Waals surface area contributed by atoms with Crippen molar-refractivity contribution in [3.8, 4) is 0 Å². The van der Waals surface area contributed by atoms with Crippen LogP contribution in [-0.4, -0.2) is 31.8 Å². The maximum absolute atomic E-state index is 14.6. The van der Waals surface area contributed by atoms with E-state index in [1.54, 1.807) is 4.80 Å². The van der Waals surface area contributed by atoms with Gasteiger partial charge in [-0.25, -0.2) is 0 Å². The normalized spacial score (nSPS) is 47.3. The number of allylic oxidation sites excluding steroid dienone is 2. The van der Waals surface area contributed by atoms with Gasteiger partial charge in [-0.1, -0.05) is 54.5 Å². The first-order chi connectivity index (χ1) is 17.5. The van der Waals surface area contributed by atoms with E-state index in [1.165, 1.54) is 0 Å². The molecule has 38 heavy (non-hydrogen) atoms. The van der Waals surface area contributed by atoms with Gasteiger partial charge in [-0.3, -0.25) is 9.59 Å². The van der Waals surface area contributed by atoms with Crippen molar-refractivity contribution in [1.29, 1.82) is 0 Å². The lowest BCUT2D eigenvalue weighted by Gasteiger charge is -2.71. The van der Waals surface area contributed by atoms with Crippen molar-refractivity contribution < 1.29 is 9.59 Å². The van der Waals surface area contributed by atoms with Crippen LogP contribution in [0, 0.1) is 50.7 Å². The molecule has 4 saturated carbocycles. The van der Waals surface area contributed by atoms with Gasteiger partial charge in [0.05, 0.1) is 12.7 Å². The molecular weight excluding hydrogens is 474 g/mol. The quantitative estimate of drug-likeness (QED) is 0.548. The number of tetrazole rings is 1. The van der Waals surface area contributed by atoms with Gasteiger partial charge in [0.2, 0.25) is 0 Å². The van der Waals surface area contributed by atoms with Crippen LogP contribution in [0.25, 0.3) is 0 Å². The molecule has 6 rings (SSSR count). The number of ketones is 2. The molecule has 208 valence electrons. The maximum Gasteiger partial charge on any atom is 0.184 e. The molecule has 2 N–H and O–H groups in total. The number of hydrogen-bond acceptors (Lipinski definition) is 6. The second-order valence-corrected chi connectivity index (χ2v) is 15.9. The number of hydrogen-bond donors (Lipinski definition) is 1. The Hall–Kier alpha value is -2.05. The van der Waals surface area contributed by atoms with Gasteiger partial charge < -0.3 is 5.73 Å². The summed E-state index contributed by atoms with van der Waals surface area (Å²) >= 11 is 0. The molecule has 5 aliphatic rings. The SMILES string of the molecule is Cn1nnc([C@]23CCC(C)(C)C[C@H]2[C@H]2C(=O)C[C@@H]4[C@@]5(C)C=C(N)C(=O)C(C)(C)[C@@H]5CC[C@@]4(C)[C@]2(C)CC3)n1. The van der Waals surface area contributed by atoms with Gasteiger partial charge in [-0.2, -0.15) is 4.80 Å². The van der Waals surface area contributed by atoms with Crippen molar-refractivity contribution in [2.24, 2.45) is 63.5 Å². The Morgan fingerprint density at radius 2 is 1.61 bits per heavy atom. The average molecular weight is 522 g/mol. The third-order valence-electron chi connectivity index (χ3n) is 13.3. The summed E-state index contributed by atoms with van der Waals surface area (Å²) in [6.07, 6.45) is 9.84. The summed E-state index contributed by atoms with van der Waals surface area (Å²) in [5.41, 5.74) is 5.88. The van der Waals surface area contributed by atoms with E-state index < -0.39 is 5.41 Å². The minimum Gasteiger partial charge on any atom is -0.396 e. The number of rotatable bonds is 1. The summed E-state index contributed by atoms with van der Waals surface area (Å²) in [6.45, 7) is 16.1. The number of Topliss-reactive ketones (excluding diaryl/α,β-unsaturated/α-hetero) is 2. The summed E-state index contributed by atoms with van der Waals surface area (Å²) in [7, 11) is 1.84. The molecule has 0 unspecified atom stereocenters. The zero-order valence-electron chi connectivity index (χ0n) is 24.7. The fourth-order valence-corrected chi connectivity index (χ4v) is 11.1. The number of carbonyl (C=O) groups excluding carboxylic acids is 2. The molecule has 0 bridgehead atoms. The Kier molecular flexibility index (Phi) is 5.22. The Bertz CT molecular complexity index is 1250. The van der Waals surface area contributed by atoms with Crippen LogP contribution >= 0.6 is 0 Å². The van der Waals surface area contributed by atoms with Crippen molar-refractivity contribution in [2.75, 3.05) is 0 Å². The first-order valence-electron chi connectivity index (χ1n) is 14.8. The molecule has 8 atom stereocenters. The van der Waals surface area contributed by atoms with E-state index in [9.17, 15) is 9.59 Å². The topological polar surface area (TPSA) is 104 Å². The van der Waals surface area contributed by atoms with E-state index in [1.807, 2.05) is 7.05 Å². The highest BCUT2D eigenvalue weighted by molar-refractivity contribution is 6.00. The van der Waals surface area contributed by atoms with Crippen molar-refractivity contribution in [2.45, 2.75) is 105 Å². The molecule has 4 fully saturated rings. The predicted octanol–water partition coefficient (Wildman–Crippen LogP) is 5.15. The van der Waals surface area contributed by atoms with E-state index in [2.05, 4.69) is 64.9 Å². The number of aromatic nitrogens is 4. The van der Waals surface area contributed by atoms with Crippen LogP contribution in [0.1, 0.15) is 106 Å². The molecule has 7 nitrogen and oxygen atoms in total. The summed E-state index contributed by atoms with van der Waals surface area (Å²) < 4.78 is 0. The highest BCUT2D eigenvalue weighted by Crippen LogP contribution is 2.75. The monoisotopic (exact) mass is 521 g/mol. The third-order valence-corrected chi connectivity index (χ3v) is 13.3. The maximum atomic E-state index is 14.6. The van der Waals surface area contributed by atoms with Crippen molar-refractivity contribution in [1.82, 2.24) is 20.2 Å². The molecule has 0 amide bonds. The highest BCUT2D eigenvalue weighted by atomic mass is 16.1. The minimum absolute atomic E-state index is 0.0133. The van der Waals surface area contributed by atoms with Gasteiger partial charge in [0.1, 0.15) is 5.78 Å². The van der Waals surface area contributed by atoms with Crippen LogP contribution in [0.15, 0.2) is 11.8 Å². The number of carbonyl (C=O) groups is 2. The fraction of sp³-hybridized carbons (Fsp3) is 0.839. The lowest BCUT2D eigenvalue weighted by Crippen LogP contribution is -2.69. The minimum atomic E-state index is -0.511. The number of nitrogens with two attached hydrogens (primary N) is 1. The van der Waals surface area contributed by atoms with Crippen molar-refractivity contribution in [3.05, 3.63) is 17.6 Å². The van der Waals surface area contributed by atoms with E-state index in [-0.39, 0.29) is 56.5 Å². The Morgan fingerprint density at radius 1 is 0.921 bits per heavy atom. The molecule has 5 aliphatic carbocycles. The highest BCUT2D eigenvalue weighted by Gasteiger charge is 2.72. The smallest absolute Gasteiger partial charge is 0.184 e. The molecule has 0 saturated heterocycles. The number of fused-ring (bicyclic) bond motifs is 7. The zero-order chi connectivity index (χ0) is 27.7. The van der Waals surface area contributed by atoms with Crippen LogP contribution in [-0.2, 0) is 22.1 Å². The summed E-state index contributed by atoms with van der Waals surface area (Å²) in [5, 5.41) is 13.6. The molecular formula is C31H47N5O2. The molecule has 0 spiro atoms. The molecule has 1 aromatic heterocycles. The van der Waals surface area contributed by atoms with Crippen LogP contribution in [0.3, 0.4) is 0 Å². The Labute approximate surface area is 227 Å². The fourth-order valence-electron chi connectivity index (χ4n) is 11.1. The standard InChI is InChI=1S/C31H47N5O2/c1-26(2)11-13-31(25-33-35-36(8)34-25)14-12-30(7)23(18(31)16-26)20(37)15-22-28(5)17-19(32)24(38)27(3,4)21(28)9-10-29(22,30)6/h17-18,21-23H,9-16,32H2,1-8H3/t18-,21-,22+,23-,28-,29+,30+,31-/m0/s1. The summed E-state index contributed by atoms with van der Waals surface area (Å²) in [5.74, 6) is 1.90. The molecule has 7 heteroatoms. The first-order valence-corrected chi connectivity index (χ1v) is 14.8. The van der Waals surface area contributed by atoms with Gasteiger partial charge in [0, 0.05) is 23.2 Å². The molecule has 1 aromatic rings. The van der Waals surface area contributed by atoms with Gasteiger partial charge in [-0.15, -0.1) is 10.2 Å². The van der Waals surface area contributed by atoms with Gasteiger partial charge in [-0.05, 0) is 89.6 Å². The van der Waals surface area contributed by atoms with Crippen molar-refractivity contribution >= 4 is 11.6 Å². The molecule has 0 radical (unpaired) electrons. The van der Waals surface area contributed by atoms with Crippen LogP contribution in [0.5, 0.6) is 0 Å². The van der Waals surface area contributed by atoms with E-state index >= 15 is 0 Å². The zero-order valence-corrected chi connectivity index (χ0v) is 24.7. The van der Waals surface area contributed by atoms with Crippen LogP contribution in [0.2, 0.25) is 0 Å². The second-order valence-electron chi connectivity index (χ2n) is 15.9. The Morgan fingerprint density at radius 3 is 2.26 bits per heavy atom. The van der Waals surface area contributed by atoms with Crippen molar-refractivity contribution in [3.63, 3.8) is 0 Å². The van der Waals surface area contributed by atoms with Gasteiger partial charge >= 0.3 is 0 Å². The van der Waals surface area contributed by atoms with E-state index in [0.29, 0.717) is 17.9 Å². The second kappa shape index (κ2) is 7.57.